The highest BCUT2D eigenvalue weighted by Crippen LogP contribution is 2.29. The molecule has 2 nitrogen and oxygen atoms in total. The molecule has 94 valence electrons. The second-order valence-electron chi connectivity index (χ2n) is 5.04. The van der Waals surface area contributed by atoms with Crippen LogP contribution < -0.4 is 5.73 Å². The zero-order valence-electron chi connectivity index (χ0n) is 10.5. The first-order valence-corrected chi connectivity index (χ1v) is 6.77. The van der Waals surface area contributed by atoms with Crippen LogP contribution in [0.4, 0.5) is 5.69 Å². The van der Waals surface area contributed by atoms with Gasteiger partial charge in [0.15, 0.2) is 0 Å². The van der Waals surface area contributed by atoms with Crippen LogP contribution in [0.3, 0.4) is 0 Å². The number of hydrogen-bond acceptors (Lipinski definition) is 2. The van der Waals surface area contributed by atoms with E-state index in [1.165, 1.54) is 31.2 Å². The van der Waals surface area contributed by atoms with Crippen LogP contribution in [0.2, 0.25) is 0 Å². The third kappa shape index (κ3) is 4.39. The summed E-state index contributed by atoms with van der Waals surface area (Å²) in [6, 6.07) is 8.13. The Morgan fingerprint density at radius 1 is 1.12 bits per heavy atom. The van der Waals surface area contributed by atoms with Crippen molar-refractivity contribution in [3.05, 3.63) is 29.8 Å². The minimum atomic E-state index is 0.838. The first-order valence-electron chi connectivity index (χ1n) is 6.77. The molecule has 0 atom stereocenters. The van der Waals surface area contributed by atoms with E-state index < -0.39 is 0 Å². The van der Waals surface area contributed by atoms with E-state index in [0.717, 1.165) is 37.7 Å². The van der Waals surface area contributed by atoms with Crippen molar-refractivity contribution < 1.29 is 4.74 Å². The highest BCUT2D eigenvalue weighted by atomic mass is 16.5. The third-order valence-corrected chi connectivity index (χ3v) is 3.63. The molecule has 0 spiro atoms. The largest absolute Gasteiger partial charge is 0.399 e. The smallest absolute Gasteiger partial charge is 0.0469 e. The standard InChI is InChI=1S/C15H23NO/c16-15-8-6-14(7-9-15)5-2-11-17-12-10-13-3-1-4-13/h6-9,13H,1-5,10-12,16H2. The molecule has 1 aromatic carbocycles. The fourth-order valence-corrected chi connectivity index (χ4v) is 2.20. The molecule has 1 aromatic rings. The lowest BCUT2D eigenvalue weighted by molar-refractivity contribution is 0.105. The van der Waals surface area contributed by atoms with E-state index in [1.807, 2.05) is 12.1 Å². The molecule has 0 heterocycles. The maximum absolute atomic E-state index is 5.66. The van der Waals surface area contributed by atoms with Gasteiger partial charge < -0.3 is 10.5 Å². The number of anilines is 1. The average molecular weight is 233 g/mol. The fourth-order valence-electron chi connectivity index (χ4n) is 2.20. The van der Waals surface area contributed by atoms with Crippen LogP contribution in [0.25, 0.3) is 0 Å². The Balaban J connectivity index is 1.49. The van der Waals surface area contributed by atoms with Gasteiger partial charge in [0.2, 0.25) is 0 Å². The summed E-state index contributed by atoms with van der Waals surface area (Å²) in [6.45, 7) is 1.84. The van der Waals surface area contributed by atoms with Gasteiger partial charge in [-0.15, -0.1) is 0 Å². The van der Waals surface area contributed by atoms with E-state index in [0.29, 0.717) is 0 Å². The average Bonchev–Trinajstić information content (AvgIpc) is 2.28. The molecule has 1 aliphatic rings. The van der Waals surface area contributed by atoms with Crippen LogP contribution >= 0.6 is 0 Å². The maximum Gasteiger partial charge on any atom is 0.0469 e. The molecule has 0 bridgehead atoms. The fraction of sp³-hybridized carbons (Fsp3) is 0.600. The number of aryl methyl sites for hydroxylation is 1. The third-order valence-electron chi connectivity index (χ3n) is 3.63. The van der Waals surface area contributed by atoms with E-state index in [2.05, 4.69) is 12.1 Å². The molecule has 0 aliphatic heterocycles. The summed E-state index contributed by atoms with van der Waals surface area (Å²) in [5, 5.41) is 0. The molecule has 0 saturated heterocycles. The number of hydrogen-bond donors (Lipinski definition) is 1. The van der Waals surface area contributed by atoms with Crippen molar-refractivity contribution >= 4 is 5.69 Å². The molecule has 2 heteroatoms. The Bertz CT molecular complexity index is 316. The zero-order valence-corrected chi connectivity index (χ0v) is 10.5. The molecular weight excluding hydrogens is 210 g/mol. The van der Waals surface area contributed by atoms with Crippen molar-refractivity contribution in [1.29, 1.82) is 0 Å². The van der Waals surface area contributed by atoms with Gasteiger partial charge in [-0.05, 0) is 42.9 Å². The topological polar surface area (TPSA) is 35.2 Å². The van der Waals surface area contributed by atoms with Crippen molar-refractivity contribution in [3.8, 4) is 0 Å². The summed E-state index contributed by atoms with van der Waals surface area (Å²) in [5.74, 6) is 0.965. The second kappa shape index (κ2) is 6.65. The predicted octanol–water partition coefficient (Wildman–Crippen LogP) is 3.41. The van der Waals surface area contributed by atoms with Crippen LogP contribution in [0.15, 0.2) is 24.3 Å². The number of ether oxygens (including phenoxy) is 1. The molecule has 0 radical (unpaired) electrons. The summed E-state index contributed by atoms with van der Waals surface area (Å²) in [6.07, 6.45) is 7.74. The number of nitrogen functional groups attached to an aromatic ring is 1. The number of benzene rings is 1. The molecule has 0 amide bonds. The second-order valence-corrected chi connectivity index (χ2v) is 5.04. The lowest BCUT2D eigenvalue weighted by Gasteiger charge is -2.24. The van der Waals surface area contributed by atoms with Crippen molar-refractivity contribution in [1.82, 2.24) is 0 Å². The van der Waals surface area contributed by atoms with E-state index in [9.17, 15) is 0 Å². The van der Waals surface area contributed by atoms with Gasteiger partial charge in [0.05, 0.1) is 0 Å². The molecule has 1 saturated carbocycles. The van der Waals surface area contributed by atoms with Crippen molar-refractivity contribution in [2.45, 2.75) is 38.5 Å². The SMILES string of the molecule is Nc1ccc(CCCOCCC2CCC2)cc1. The Labute approximate surface area is 104 Å². The minimum absolute atomic E-state index is 0.838. The van der Waals surface area contributed by atoms with E-state index in [-0.39, 0.29) is 0 Å². The lowest BCUT2D eigenvalue weighted by Crippen LogP contribution is -2.13. The Morgan fingerprint density at radius 3 is 2.53 bits per heavy atom. The summed E-state index contributed by atoms with van der Waals surface area (Å²) < 4.78 is 5.66. The Morgan fingerprint density at radius 2 is 1.88 bits per heavy atom. The molecule has 1 aliphatic carbocycles. The van der Waals surface area contributed by atoms with Gasteiger partial charge in [-0.1, -0.05) is 31.4 Å². The first-order chi connectivity index (χ1) is 8.34. The van der Waals surface area contributed by atoms with Crippen molar-refractivity contribution in [2.75, 3.05) is 18.9 Å². The van der Waals surface area contributed by atoms with Gasteiger partial charge >= 0.3 is 0 Å². The van der Waals surface area contributed by atoms with E-state index in [1.54, 1.807) is 0 Å². The number of nitrogens with two attached hydrogens (primary N) is 1. The Hall–Kier alpha value is -1.02. The van der Waals surface area contributed by atoms with Crippen LogP contribution in [0.5, 0.6) is 0 Å². The van der Waals surface area contributed by atoms with Crippen LogP contribution in [-0.2, 0) is 11.2 Å². The van der Waals surface area contributed by atoms with Crippen LogP contribution in [0.1, 0.15) is 37.7 Å². The summed E-state index contributed by atoms with van der Waals surface area (Å²) in [7, 11) is 0. The van der Waals surface area contributed by atoms with E-state index in [4.69, 9.17) is 10.5 Å². The lowest BCUT2D eigenvalue weighted by atomic mass is 9.83. The van der Waals surface area contributed by atoms with Gasteiger partial charge in [-0.25, -0.2) is 0 Å². The number of rotatable bonds is 7. The van der Waals surface area contributed by atoms with Gasteiger partial charge in [-0.2, -0.15) is 0 Å². The first kappa shape index (κ1) is 12.4. The highest BCUT2D eigenvalue weighted by Gasteiger charge is 2.16. The van der Waals surface area contributed by atoms with Crippen LogP contribution in [-0.4, -0.2) is 13.2 Å². The van der Waals surface area contributed by atoms with Gasteiger partial charge in [-0.3, -0.25) is 0 Å². The normalized spacial score (nSPS) is 15.8. The Kier molecular flexibility index (Phi) is 4.87. The molecule has 1 fully saturated rings. The van der Waals surface area contributed by atoms with Crippen LogP contribution in [0, 0.1) is 5.92 Å². The molecule has 0 unspecified atom stereocenters. The van der Waals surface area contributed by atoms with Crippen molar-refractivity contribution in [2.24, 2.45) is 5.92 Å². The molecule has 0 aromatic heterocycles. The molecule has 17 heavy (non-hydrogen) atoms. The van der Waals surface area contributed by atoms with Crippen molar-refractivity contribution in [3.63, 3.8) is 0 Å². The van der Waals surface area contributed by atoms with Gasteiger partial charge in [0.25, 0.3) is 0 Å². The monoisotopic (exact) mass is 233 g/mol. The highest BCUT2D eigenvalue weighted by molar-refractivity contribution is 5.39. The molecular formula is C15H23NO. The predicted molar refractivity (Wildman–Crippen MR) is 72.0 cm³/mol. The molecule has 2 rings (SSSR count). The van der Waals surface area contributed by atoms with E-state index >= 15 is 0 Å². The minimum Gasteiger partial charge on any atom is -0.399 e. The van der Waals surface area contributed by atoms with Gasteiger partial charge in [0, 0.05) is 18.9 Å². The summed E-state index contributed by atoms with van der Waals surface area (Å²) in [5.41, 5.74) is 7.83. The maximum atomic E-state index is 5.66. The quantitative estimate of drug-likeness (QED) is 0.578. The molecule has 2 N–H and O–H groups in total. The summed E-state index contributed by atoms with van der Waals surface area (Å²) in [4.78, 5) is 0. The van der Waals surface area contributed by atoms with Gasteiger partial charge in [0.1, 0.15) is 0 Å². The zero-order chi connectivity index (χ0) is 11.9. The summed E-state index contributed by atoms with van der Waals surface area (Å²) >= 11 is 0.